The normalized spacial score (nSPS) is 14.3. The van der Waals surface area contributed by atoms with Crippen LogP contribution in [0.5, 0.6) is 0 Å². The highest BCUT2D eigenvalue weighted by Crippen LogP contribution is 2.29. The summed E-state index contributed by atoms with van der Waals surface area (Å²) in [5.74, 6) is 0.865. The maximum atomic E-state index is 12.5. The monoisotopic (exact) mass is 395 g/mol. The Hall–Kier alpha value is -3.00. The Balaban J connectivity index is 1.26. The first-order valence-corrected chi connectivity index (χ1v) is 10.0. The summed E-state index contributed by atoms with van der Waals surface area (Å²) in [5.41, 5.74) is 0.691. The van der Waals surface area contributed by atoms with Crippen molar-refractivity contribution >= 4 is 44.9 Å². The molecular formula is C20H21N5O2S. The van der Waals surface area contributed by atoms with Crippen LogP contribution >= 0.6 is 11.5 Å². The fraction of sp³-hybridized carbons (Fsp3) is 0.300. The molecule has 0 spiro atoms. The van der Waals surface area contributed by atoms with E-state index in [4.69, 9.17) is 0 Å². The Morgan fingerprint density at radius 1 is 1.00 bits per heavy atom. The lowest BCUT2D eigenvalue weighted by molar-refractivity contribution is -0.133. The molecule has 1 N–H and O–H groups in total. The lowest BCUT2D eigenvalue weighted by atomic mass is 10.2. The van der Waals surface area contributed by atoms with Gasteiger partial charge in [-0.2, -0.15) is 4.37 Å². The van der Waals surface area contributed by atoms with Crippen molar-refractivity contribution in [3.8, 4) is 0 Å². The molecule has 1 aliphatic rings. The number of hydrogen-bond donors (Lipinski definition) is 1. The number of benzene rings is 1. The van der Waals surface area contributed by atoms with E-state index in [1.165, 1.54) is 21.6 Å². The highest BCUT2D eigenvalue weighted by molar-refractivity contribution is 7.13. The van der Waals surface area contributed by atoms with Gasteiger partial charge in [0.25, 0.3) is 0 Å². The van der Waals surface area contributed by atoms with Crippen LogP contribution in [0.15, 0.2) is 48.8 Å². The number of nitrogens with zero attached hydrogens (tertiary/aromatic N) is 4. The van der Waals surface area contributed by atoms with Gasteiger partial charge >= 0.3 is 0 Å². The maximum Gasteiger partial charge on any atom is 0.224 e. The third kappa shape index (κ3) is 4.12. The fourth-order valence-electron chi connectivity index (χ4n) is 3.31. The van der Waals surface area contributed by atoms with E-state index < -0.39 is 0 Å². The van der Waals surface area contributed by atoms with Crippen LogP contribution in [0.3, 0.4) is 0 Å². The zero-order chi connectivity index (χ0) is 19.3. The Morgan fingerprint density at radius 3 is 2.54 bits per heavy atom. The van der Waals surface area contributed by atoms with E-state index in [-0.39, 0.29) is 24.7 Å². The number of nitrogens with one attached hydrogen (secondary N) is 1. The molecule has 7 nitrogen and oxygen atoms in total. The first kappa shape index (κ1) is 18.4. The Bertz CT molecular complexity index is 967. The molecule has 0 radical (unpaired) electrons. The first-order chi connectivity index (χ1) is 13.7. The molecule has 0 unspecified atom stereocenters. The summed E-state index contributed by atoms with van der Waals surface area (Å²) < 4.78 is 5.77. The van der Waals surface area contributed by atoms with Crippen LogP contribution in [0.25, 0.3) is 10.1 Å². The predicted octanol–water partition coefficient (Wildman–Crippen LogP) is 2.76. The summed E-state index contributed by atoms with van der Waals surface area (Å²) in [5, 5.41) is 3.94. The number of hydrogen-bond acceptors (Lipinski definition) is 6. The average Bonchev–Trinajstić information content (AvgIpc) is 3.17. The summed E-state index contributed by atoms with van der Waals surface area (Å²) in [7, 11) is 0. The molecule has 0 atom stereocenters. The molecule has 0 bridgehead atoms. The molecular weight excluding hydrogens is 374 g/mol. The summed E-state index contributed by atoms with van der Waals surface area (Å²) >= 11 is 1.51. The maximum absolute atomic E-state index is 12.5. The first-order valence-electron chi connectivity index (χ1n) is 9.28. The third-order valence-corrected chi connectivity index (χ3v) is 5.64. The summed E-state index contributed by atoms with van der Waals surface area (Å²) in [6, 6.07) is 11.7. The molecule has 1 aromatic carbocycles. The van der Waals surface area contributed by atoms with Crippen LogP contribution in [0.4, 0.5) is 11.5 Å². The number of anilines is 2. The number of amides is 2. The zero-order valence-corrected chi connectivity index (χ0v) is 16.2. The molecule has 2 amide bonds. The predicted molar refractivity (Wildman–Crippen MR) is 111 cm³/mol. The fourth-order valence-corrected chi connectivity index (χ4v) is 4.10. The molecule has 144 valence electrons. The minimum absolute atomic E-state index is 0.0210. The molecule has 28 heavy (non-hydrogen) atoms. The van der Waals surface area contributed by atoms with E-state index >= 15 is 0 Å². The van der Waals surface area contributed by atoms with Gasteiger partial charge in [0.2, 0.25) is 11.8 Å². The van der Waals surface area contributed by atoms with Gasteiger partial charge in [0.1, 0.15) is 5.82 Å². The topological polar surface area (TPSA) is 78.4 Å². The van der Waals surface area contributed by atoms with E-state index in [2.05, 4.69) is 31.7 Å². The smallest absolute Gasteiger partial charge is 0.224 e. The molecule has 1 fully saturated rings. The van der Waals surface area contributed by atoms with Gasteiger partial charge in [-0.3, -0.25) is 14.6 Å². The van der Waals surface area contributed by atoms with Gasteiger partial charge < -0.3 is 15.1 Å². The van der Waals surface area contributed by atoms with Crippen molar-refractivity contribution in [2.45, 2.75) is 12.8 Å². The molecule has 1 saturated heterocycles. The minimum Gasteiger partial charge on any atom is -0.352 e. The van der Waals surface area contributed by atoms with Crippen LogP contribution in [-0.4, -0.2) is 52.3 Å². The zero-order valence-electron chi connectivity index (χ0n) is 15.4. The van der Waals surface area contributed by atoms with Crippen molar-refractivity contribution in [3.05, 3.63) is 48.8 Å². The molecule has 4 rings (SSSR count). The quantitative estimate of drug-likeness (QED) is 0.719. The van der Waals surface area contributed by atoms with Crippen LogP contribution in [0.2, 0.25) is 0 Å². The number of carbonyl (C=O) groups excluding carboxylic acids is 2. The number of piperazine rings is 1. The Labute approximate surface area is 167 Å². The van der Waals surface area contributed by atoms with Crippen molar-refractivity contribution in [2.24, 2.45) is 0 Å². The Kier molecular flexibility index (Phi) is 5.48. The van der Waals surface area contributed by atoms with Gasteiger partial charge in [-0.1, -0.05) is 12.1 Å². The molecule has 1 aliphatic heterocycles. The van der Waals surface area contributed by atoms with Crippen LogP contribution in [0, 0.1) is 0 Å². The highest BCUT2D eigenvalue weighted by atomic mass is 32.1. The third-order valence-electron chi connectivity index (χ3n) is 4.82. The lowest BCUT2D eigenvalue weighted by Gasteiger charge is -2.35. The van der Waals surface area contributed by atoms with E-state index in [0.717, 1.165) is 18.9 Å². The summed E-state index contributed by atoms with van der Waals surface area (Å²) in [6.45, 7) is 2.80. The Morgan fingerprint density at radius 2 is 1.75 bits per heavy atom. The van der Waals surface area contributed by atoms with Gasteiger partial charge in [0.05, 0.1) is 4.70 Å². The van der Waals surface area contributed by atoms with Crippen LogP contribution < -0.4 is 10.2 Å². The van der Waals surface area contributed by atoms with Crippen molar-refractivity contribution in [1.29, 1.82) is 0 Å². The lowest BCUT2D eigenvalue weighted by Crippen LogP contribution is -2.49. The van der Waals surface area contributed by atoms with Gasteiger partial charge in [-0.05, 0) is 35.8 Å². The van der Waals surface area contributed by atoms with Crippen LogP contribution in [0.1, 0.15) is 12.8 Å². The second-order valence-electron chi connectivity index (χ2n) is 6.65. The van der Waals surface area contributed by atoms with Crippen molar-refractivity contribution < 1.29 is 9.59 Å². The average molecular weight is 395 g/mol. The number of pyridine rings is 1. The number of fused-ring (bicyclic) bond motifs is 1. The van der Waals surface area contributed by atoms with Gasteiger partial charge in [-0.25, -0.2) is 0 Å². The second kappa shape index (κ2) is 8.35. The van der Waals surface area contributed by atoms with Crippen LogP contribution in [-0.2, 0) is 9.59 Å². The van der Waals surface area contributed by atoms with Crippen molar-refractivity contribution in [2.75, 3.05) is 36.4 Å². The van der Waals surface area contributed by atoms with Crippen molar-refractivity contribution in [3.63, 3.8) is 0 Å². The highest BCUT2D eigenvalue weighted by Gasteiger charge is 2.23. The summed E-state index contributed by atoms with van der Waals surface area (Å²) in [4.78, 5) is 32.5. The molecule has 8 heteroatoms. The number of aromatic nitrogens is 2. The van der Waals surface area contributed by atoms with Gasteiger partial charge in [0.15, 0.2) is 0 Å². The van der Waals surface area contributed by atoms with E-state index in [1.807, 2.05) is 17.0 Å². The summed E-state index contributed by atoms with van der Waals surface area (Å²) in [6.07, 6.45) is 3.63. The van der Waals surface area contributed by atoms with E-state index in [0.29, 0.717) is 18.8 Å². The standard InChI is InChI=1S/C20H21N5O2S/c26-18(22-15-7-9-21-10-8-15)5-6-19(27)24-11-13-25(14-12-24)20-16-3-1-2-4-17(16)28-23-20/h1-4,7-10H,5-6,11-14H2,(H,21,22,26). The number of carbonyl (C=O) groups is 2. The number of rotatable bonds is 5. The molecule has 3 heterocycles. The SMILES string of the molecule is O=C(CCC(=O)N1CCN(c2nsc3ccccc23)CC1)Nc1ccncc1. The van der Waals surface area contributed by atoms with E-state index in [1.54, 1.807) is 24.5 Å². The second-order valence-corrected chi connectivity index (χ2v) is 7.46. The molecule has 3 aromatic rings. The van der Waals surface area contributed by atoms with Crippen molar-refractivity contribution in [1.82, 2.24) is 14.3 Å². The minimum atomic E-state index is -0.160. The molecule has 0 saturated carbocycles. The van der Waals surface area contributed by atoms with E-state index in [9.17, 15) is 9.59 Å². The molecule has 0 aliphatic carbocycles. The van der Waals surface area contributed by atoms with Gasteiger partial charge in [0, 0.05) is 62.5 Å². The molecule has 2 aromatic heterocycles. The van der Waals surface area contributed by atoms with Gasteiger partial charge in [-0.15, -0.1) is 0 Å². The largest absolute Gasteiger partial charge is 0.352 e.